The minimum Gasteiger partial charge on any atom is -0.466 e. The molecule has 0 unspecified atom stereocenters. The SMILES string of the molecule is CCOC(=O)C1CCN(c2c(Nc3cccc(SC)c3)c(=O)c2=O)CC1. The number of nitrogens with zero attached hydrogens (tertiary/aromatic N) is 1. The van der Waals surface area contributed by atoms with Crippen molar-refractivity contribution in [3.63, 3.8) is 0 Å². The fraction of sp³-hybridized carbons (Fsp3) is 0.421. The van der Waals surface area contributed by atoms with Gasteiger partial charge in [-0.05, 0) is 44.2 Å². The molecule has 26 heavy (non-hydrogen) atoms. The van der Waals surface area contributed by atoms with Crippen molar-refractivity contribution in [2.75, 3.05) is 36.2 Å². The lowest BCUT2D eigenvalue weighted by atomic mass is 9.96. The standard InChI is InChI=1S/C19H22N2O4S/c1-3-25-19(24)12-7-9-21(10-8-12)16-15(17(22)18(16)23)20-13-5-4-6-14(11-13)26-2/h4-6,11-12,20H,3,7-10H2,1-2H3. The number of carbonyl (C=O) groups is 1. The van der Waals surface area contributed by atoms with Crippen molar-refractivity contribution in [2.24, 2.45) is 5.92 Å². The molecule has 7 heteroatoms. The molecule has 1 saturated heterocycles. The summed E-state index contributed by atoms with van der Waals surface area (Å²) >= 11 is 1.61. The molecule has 3 rings (SSSR count). The van der Waals surface area contributed by atoms with E-state index in [1.165, 1.54) is 0 Å². The Morgan fingerprint density at radius 2 is 2.00 bits per heavy atom. The summed E-state index contributed by atoms with van der Waals surface area (Å²) in [6, 6.07) is 7.70. The molecule has 1 N–H and O–H groups in total. The van der Waals surface area contributed by atoms with Gasteiger partial charge in [0.05, 0.1) is 12.5 Å². The van der Waals surface area contributed by atoms with E-state index in [0.717, 1.165) is 10.6 Å². The first kappa shape index (κ1) is 18.5. The van der Waals surface area contributed by atoms with E-state index in [-0.39, 0.29) is 11.9 Å². The van der Waals surface area contributed by atoms with Gasteiger partial charge in [-0.3, -0.25) is 14.4 Å². The summed E-state index contributed by atoms with van der Waals surface area (Å²) in [6.45, 7) is 3.29. The number of piperidine rings is 1. The number of thioether (sulfide) groups is 1. The molecule has 0 bridgehead atoms. The van der Waals surface area contributed by atoms with Crippen molar-refractivity contribution in [3.05, 3.63) is 44.7 Å². The summed E-state index contributed by atoms with van der Waals surface area (Å²) in [5, 5.41) is 3.10. The van der Waals surface area contributed by atoms with Gasteiger partial charge in [-0.25, -0.2) is 0 Å². The van der Waals surface area contributed by atoms with Crippen molar-refractivity contribution in [1.82, 2.24) is 0 Å². The summed E-state index contributed by atoms with van der Waals surface area (Å²) in [6.07, 6.45) is 3.23. The van der Waals surface area contributed by atoms with E-state index >= 15 is 0 Å². The molecule has 2 aromatic carbocycles. The third-order valence-corrected chi connectivity index (χ3v) is 5.38. The number of nitrogens with one attached hydrogen (secondary N) is 1. The van der Waals surface area contributed by atoms with Gasteiger partial charge in [-0.2, -0.15) is 0 Å². The van der Waals surface area contributed by atoms with Gasteiger partial charge >= 0.3 is 5.97 Å². The molecule has 6 nitrogen and oxygen atoms in total. The molecule has 138 valence electrons. The van der Waals surface area contributed by atoms with Crippen LogP contribution < -0.4 is 21.1 Å². The molecule has 0 spiro atoms. The molecular weight excluding hydrogens is 352 g/mol. The van der Waals surface area contributed by atoms with Crippen LogP contribution in [0.1, 0.15) is 19.8 Å². The van der Waals surface area contributed by atoms with Gasteiger partial charge in [0.25, 0.3) is 10.9 Å². The molecule has 0 atom stereocenters. The van der Waals surface area contributed by atoms with E-state index in [4.69, 9.17) is 4.74 Å². The highest BCUT2D eigenvalue weighted by Crippen LogP contribution is 2.29. The Bertz CT molecular complexity index is 865. The number of hydrogen-bond acceptors (Lipinski definition) is 7. The van der Waals surface area contributed by atoms with E-state index in [1.807, 2.05) is 35.4 Å². The zero-order chi connectivity index (χ0) is 18.7. The molecule has 1 aliphatic rings. The van der Waals surface area contributed by atoms with Gasteiger partial charge in [-0.15, -0.1) is 11.8 Å². The number of hydrogen-bond donors (Lipinski definition) is 1. The topological polar surface area (TPSA) is 75.7 Å². The van der Waals surface area contributed by atoms with Gasteiger partial charge in [0.15, 0.2) is 0 Å². The molecule has 2 aromatic rings. The average molecular weight is 374 g/mol. The van der Waals surface area contributed by atoms with Gasteiger partial charge in [0, 0.05) is 23.7 Å². The number of carbonyl (C=O) groups excluding carboxylic acids is 1. The fourth-order valence-electron chi connectivity index (χ4n) is 3.24. The molecule has 0 saturated carbocycles. The molecule has 0 amide bonds. The molecule has 1 heterocycles. The van der Waals surface area contributed by atoms with Crippen LogP contribution in [0, 0.1) is 5.92 Å². The number of ether oxygens (including phenoxy) is 1. The molecule has 1 aliphatic heterocycles. The van der Waals surface area contributed by atoms with Gasteiger partial charge in [0.1, 0.15) is 11.4 Å². The Morgan fingerprint density at radius 3 is 2.65 bits per heavy atom. The van der Waals surface area contributed by atoms with Gasteiger partial charge in [-0.1, -0.05) is 6.07 Å². The highest BCUT2D eigenvalue weighted by Gasteiger charge is 2.31. The monoisotopic (exact) mass is 374 g/mol. The molecule has 0 aromatic heterocycles. The molecular formula is C19H22N2O4S. The second-order valence-electron chi connectivity index (χ2n) is 6.25. The van der Waals surface area contributed by atoms with Crippen LogP contribution in [0.3, 0.4) is 0 Å². The van der Waals surface area contributed by atoms with Crippen LogP contribution >= 0.6 is 11.8 Å². The summed E-state index contributed by atoms with van der Waals surface area (Å²) in [4.78, 5) is 39.0. The Labute approximate surface area is 156 Å². The van der Waals surface area contributed by atoms with E-state index in [0.29, 0.717) is 43.9 Å². The quantitative estimate of drug-likeness (QED) is 0.473. The number of anilines is 3. The summed E-state index contributed by atoms with van der Waals surface area (Å²) < 4.78 is 5.07. The lowest BCUT2D eigenvalue weighted by Gasteiger charge is -2.34. The maximum Gasteiger partial charge on any atom is 0.309 e. The second-order valence-corrected chi connectivity index (χ2v) is 7.13. The van der Waals surface area contributed by atoms with Crippen LogP contribution in [0.15, 0.2) is 38.8 Å². The Balaban J connectivity index is 1.72. The van der Waals surface area contributed by atoms with Crippen LogP contribution in [-0.2, 0) is 9.53 Å². The highest BCUT2D eigenvalue weighted by atomic mass is 32.2. The smallest absolute Gasteiger partial charge is 0.309 e. The minimum absolute atomic E-state index is 0.132. The van der Waals surface area contributed by atoms with Crippen LogP contribution in [0.5, 0.6) is 0 Å². The normalized spacial score (nSPS) is 15.2. The maximum atomic E-state index is 12.1. The predicted octanol–water partition coefficient (Wildman–Crippen LogP) is 2.53. The van der Waals surface area contributed by atoms with E-state index in [1.54, 1.807) is 18.7 Å². The Morgan fingerprint density at radius 1 is 1.27 bits per heavy atom. The van der Waals surface area contributed by atoms with Crippen molar-refractivity contribution >= 4 is 34.8 Å². The van der Waals surface area contributed by atoms with E-state index < -0.39 is 10.9 Å². The molecule has 1 fully saturated rings. The van der Waals surface area contributed by atoms with Gasteiger partial charge in [0.2, 0.25) is 0 Å². The summed E-state index contributed by atoms with van der Waals surface area (Å²) in [5.41, 5.74) is 0.631. The zero-order valence-corrected chi connectivity index (χ0v) is 15.7. The molecule has 0 aliphatic carbocycles. The van der Waals surface area contributed by atoms with Crippen molar-refractivity contribution < 1.29 is 9.53 Å². The third-order valence-electron chi connectivity index (χ3n) is 4.66. The van der Waals surface area contributed by atoms with Crippen molar-refractivity contribution in [2.45, 2.75) is 24.7 Å². The van der Waals surface area contributed by atoms with E-state index in [9.17, 15) is 14.4 Å². The average Bonchev–Trinajstić information content (AvgIpc) is 2.68. The van der Waals surface area contributed by atoms with Crippen LogP contribution in [0.2, 0.25) is 0 Å². The van der Waals surface area contributed by atoms with Crippen molar-refractivity contribution in [3.8, 4) is 0 Å². The zero-order valence-electron chi connectivity index (χ0n) is 14.9. The first-order chi connectivity index (χ1) is 12.5. The maximum absolute atomic E-state index is 12.1. The summed E-state index contributed by atoms with van der Waals surface area (Å²) in [5.74, 6) is -0.309. The number of rotatable bonds is 6. The minimum atomic E-state index is -0.484. The van der Waals surface area contributed by atoms with Gasteiger partial charge < -0.3 is 15.0 Å². The van der Waals surface area contributed by atoms with E-state index in [2.05, 4.69) is 5.32 Å². The molecule has 0 radical (unpaired) electrons. The lowest BCUT2D eigenvalue weighted by Crippen LogP contribution is -2.46. The lowest BCUT2D eigenvalue weighted by molar-refractivity contribution is -0.148. The highest BCUT2D eigenvalue weighted by molar-refractivity contribution is 7.98. The number of benzene rings is 1. The third kappa shape index (κ3) is 3.62. The van der Waals surface area contributed by atoms with Crippen LogP contribution in [0.4, 0.5) is 17.1 Å². The van der Waals surface area contributed by atoms with Crippen LogP contribution in [-0.4, -0.2) is 31.9 Å². The Kier molecular flexibility index (Phi) is 5.66. The first-order valence-corrected chi connectivity index (χ1v) is 9.93. The van der Waals surface area contributed by atoms with Crippen LogP contribution in [0.25, 0.3) is 0 Å². The largest absolute Gasteiger partial charge is 0.466 e. The second kappa shape index (κ2) is 7.95. The van der Waals surface area contributed by atoms with Crippen molar-refractivity contribution in [1.29, 1.82) is 0 Å². The predicted molar refractivity (Wildman–Crippen MR) is 104 cm³/mol. The Hall–Kier alpha value is -2.28. The summed E-state index contributed by atoms with van der Waals surface area (Å²) in [7, 11) is 0. The first-order valence-electron chi connectivity index (χ1n) is 8.71. The fourth-order valence-corrected chi connectivity index (χ4v) is 3.70. The number of esters is 1.